The average Bonchev–Trinajstić information content (AvgIpc) is 2.64. The van der Waals surface area contributed by atoms with E-state index in [9.17, 15) is 8.42 Å². The van der Waals surface area contributed by atoms with Crippen molar-refractivity contribution in [1.29, 1.82) is 0 Å². The number of sulfonamides is 1. The molecule has 0 amide bonds. The maximum absolute atomic E-state index is 11.7. The van der Waals surface area contributed by atoms with Crippen LogP contribution in [0, 0.1) is 5.41 Å². The van der Waals surface area contributed by atoms with Gasteiger partial charge in [-0.05, 0) is 31.2 Å². The molecule has 16 heavy (non-hydrogen) atoms. The summed E-state index contributed by atoms with van der Waals surface area (Å²) < 4.78 is 26.1. The number of hydrogen-bond acceptors (Lipinski definition) is 3. The van der Waals surface area contributed by atoms with Gasteiger partial charge in [-0.1, -0.05) is 20.8 Å². The van der Waals surface area contributed by atoms with Crippen molar-refractivity contribution in [2.24, 2.45) is 5.41 Å². The summed E-state index contributed by atoms with van der Waals surface area (Å²) in [6.45, 7) is 7.60. The van der Waals surface area contributed by atoms with Crippen molar-refractivity contribution in [3.63, 3.8) is 0 Å². The Morgan fingerprint density at radius 3 is 2.56 bits per heavy atom. The Labute approximate surface area is 99.2 Å². The average molecular weight is 248 g/mol. The third-order valence-electron chi connectivity index (χ3n) is 2.72. The lowest BCUT2D eigenvalue weighted by Crippen LogP contribution is -2.35. The van der Waals surface area contributed by atoms with Gasteiger partial charge in [-0.3, -0.25) is 0 Å². The Kier molecular flexibility index (Phi) is 4.76. The Morgan fingerprint density at radius 1 is 1.38 bits per heavy atom. The summed E-state index contributed by atoms with van der Waals surface area (Å²) in [5, 5.41) is 3.31. The van der Waals surface area contributed by atoms with Crippen LogP contribution in [0.5, 0.6) is 0 Å². The van der Waals surface area contributed by atoms with Crippen LogP contribution >= 0.6 is 0 Å². The summed E-state index contributed by atoms with van der Waals surface area (Å²) in [4.78, 5) is 0. The maximum atomic E-state index is 11.7. The first kappa shape index (κ1) is 13.9. The number of nitrogens with one attached hydrogen (secondary N) is 2. The molecule has 1 atom stereocenters. The fourth-order valence-electron chi connectivity index (χ4n) is 1.70. The van der Waals surface area contributed by atoms with E-state index in [1.54, 1.807) is 0 Å². The van der Waals surface area contributed by atoms with Crippen LogP contribution in [0.2, 0.25) is 0 Å². The van der Waals surface area contributed by atoms with E-state index in [2.05, 4.69) is 10.0 Å². The molecule has 1 rings (SSSR count). The first-order valence-corrected chi connectivity index (χ1v) is 7.64. The van der Waals surface area contributed by atoms with E-state index in [0.29, 0.717) is 12.6 Å². The zero-order valence-corrected chi connectivity index (χ0v) is 11.4. The summed E-state index contributed by atoms with van der Waals surface area (Å²) in [7, 11) is -3.09. The number of hydrogen-bond donors (Lipinski definition) is 2. The SMILES string of the molecule is CC(C)(C)CNS(=O)(=O)CCC1CCCN1. The first-order chi connectivity index (χ1) is 7.29. The molecule has 0 saturated carbocycles. The summed E-state index contributed by atoms with van der Waals surface area (Å²) >= 11 is 0. The van der Waals surface area contributed by atoms with E-state index in [1.807, 2.05) is 20.8 Å². The Bertz CT molecular complexity index is 300. The van der Waals surface area contributed by atoms with E-state index in [-0.39, 0.29) is 11.2 Å². The quantitative estimate of drug-likeness (QED) is 0.766. The van der Waals surface area contributed by atoms with Crippen molar-refractivity contribution in [2.45, 2.75) is 46.1 Å². The summed E-state index contributed by atoms with van der Waals surface area (Å²) in [5.41, 5.74) is -0.00131. The Morgan fingerprint density at radius 2 is 2.06 bits per heavy atom. The molecule has 0 spiro atoms. The highest BCUT2D eigenvalue weighted by molar-refractivity contribution is 7.89. The van der Waals surface area contributed by atoms with E-state index in [1.165, 1.54) is 6.42 Å². The number of rotatable bonds is 5. The highest BCUT2D eigenvalue weighted by Gasteiger charge is 2.20. The molecule has 96 valence electrons. The molecule has 1 heterocycles. The van der Waals surface area contributed by atoms with Crippen molar-refractivity contribution < 1.29 is 8.42 Å². The highest BCUT2D eigenvalue weighted by Crippen LogP contribution is 2.12. The van der Waals surface area contributed by atoms with Gasteiger partial charge in [-0.15, -0.1) is 0 Å². The largest absolute Gasteiger partial charge is 0.314 e. The van der Waals surface area contributed by atoms with Crippen LogP contribution in [0.1, 0.15) is 40.0 Å². The van der Waals surface area contributed by atoms with Crippen molar-refractivity contribution in [3.8, 4) is 0 Å². The van der Waals surface area contributed by atoms with E-state index < -0.39 is 10.0 Å². The molecule has 0 bridgehead atoms. The van der Waals surface area contributed by atoms with E-state index in [4.69, 9.17) is 0 Å². The maximum Gasteiger partial charge on any atom is 0.211 e. The molecule has 4 nitrogen and oxygen atoms in total. The van der Waals surface area contributed by atoms with Crippen LogP contribution in [0.4, 0.5) is 0 Å². The standard InChI is InChI=1S/C11H24N2O2S/c1-11(2,3)9-13-16(14,15)8-6-10-5-4-7-12-10/h10,12-13H,4-9H2,1-3H3. The molecule has 1 saturated heterocycles. The zero-order valence-electron chi connectivity index (χ0n) is 10.5. The lowest BCUT2D eigenvalue weighted by molar-refractivity contribution is 0.407. The minimum atomic E-state index is -3.09. The van der Waals surface area contributed by atoms with Gasteiger partial charge in [0.1, 0.15) is 0 Å². The van der Waals surface area contributed by atoms with Gasteiger partial charge in [0.15, 0.2) is 0 Å². The van der Waals surface area contributed by atoms with E-state index in [0.717, 1.165) is 19.4 Å². The summed E-state index contributed by atoms with van der Waals surface area (Å²) in [6.07, 6.45) is 2.99. The zero-order chi connectivity index (χ0) is 12.2. The molecule has 2 N–H and O–H groups in total. The molecule has 0 radical (unpaired) electrons. The molecule has 1 aliphatic rings. The van der Waals surface area contributed by atoms with Crippen LogP contribution in [0.15, 0.2) is 0 Å². The van der Waals surface area contributed by atoms with Gasteiger partial charge in [0.25, 0.3) is 0 Å². The second-order valence-electron chi connectivity index (χ2n) is 5.78. The molecule has 0 aromatic carbocycles. The molecular weight excluding hydrogens is 224 g/mol. The molecule has 1 fully saturated rings. The normalized spacial score (nSPS) is 22.6. The predicted molar refractivity (Wildman–Crippen MR) is 66.9 cm³/mol. The molecule has 1 unspecified atom stereocenters. The van der Waals surface area contributed by atoms with Gasteiger partial charge in [0.05, 0.1) is 5.75 Å². The molecule has 0 aromatic heterocycles. The fourth-order valence-corrected chi connectivity index (χ4v) is 3.09. The van der Waals surface area contributed by atoms with Crippen LogP contribution in [0.3, 0.4) is 0 Å². The van der Waals surface area contributed by atoms with Gasteiger partial charge in [-0.25, -0.2) is 13.1 Å². The van der Waals surface area contributed by atoms with Crippen LogP contribution in [-0.4, -0.2) is 33.3 Å². The second kappa shape index (κ2) is 5.47. The Balaban J connectivity index is 2.28. The van der Waals surface area contributed by atoms with Gasteiger partial charge in [-0.2, -0.15) is 0 Å². The first-order valence-electron chi connectivity index (χ1n) is 5.99. The summed E-state index contributed by atoms with van der Waals surface area (Å²) in [6, 6.07) is 0.395. The van der Waals surface area contributed by atoms with Gasteiger partial charge < -0.3 is 5.32 Å². The second-order valence-corrected chi connectivity index (χ2v) is 7.71. The third kappa shape index (κ3) is 5.82. The minimum absolute atomic E-state index is 0.00131. The molecule has 0 aliphatic carbocycles. The van der Waals surface area contributed by atoms with Gasteiger partial charge >= 0.3 is 0 Å². The minimum Gasteiger partial charge on any atom is -0.314 e. The highest BCUT2D eigenvalue weighted by atomic mass is 32.2. The molecule has 0 aromatic rings. The van der Waals surface area contributed by atoms with Gasteiger partial charge in [0, 0.05) is 12.6 Å². The van der Waals surface area contributed by atoms with E-state index >= 15 is 0 Å². The Hall–Kier alpha value is -0.130. The molecular formula is C11H24N2O2S. The van der Waals surface area contributed by atoms with Crippen LogP contribution in [-0.2, 0) is 10.0 Å². The third-order valence-corrected chi connectivity index (χ3v) is 4.08. The van der Waals surface area contributed by atoms with Crippen LogP contribution in [0.25, 0.3) is 0 Å². The predicted octanol–water partition coefficient (Wildman–Crippen LogP) is 1.09. The molecule has 1 aliphatic heterocycles. The smallest absolute Gasteiger partial charge is 0.211 e. The topological polar surface area (TPSA) is 58.2 Å². The fraction of sp³-hybridized carbons (Fsp3) is 1.00. The monoisotopic (exact) mass is 248 g/mol. The van der Waals surface area contributed by atoms with Gasteiger partial charge in [0.2, 0.25) is 10.0 Å². The van der Waals surface area contributed by atoms with Crippen molar-refractivity contribution in [1.82, 2.24) is 10.0 Å². The van der Waals surface area contributed by atoms with Crippen LogP contribution < -0.4 is 10.0 Å². The van der Waals surface area contributed by atoms with Crippen molar-refractivity contribution >= 4 is 10.0 Å². The lowest BCUT2D eigenvalue weighted by atomic mass is 9.98. The summed E-state index contributed by atoms with van der Waals surface area (Å²) in [5.74, 6) is 0.237. The molecule has 5 heteroatoms. The lowest BCUT2D eigenvalue weighted by Gasteiger charge is -2.19. The van der Waals surface area contributed by atoms with Crippen molar-refractivity contribution in [3.05, 3.63) is 0 Å². The van der Waals surface area contributed by atoms with Crippen molar-refractivity contribution in [2.75, 3.05) is 18.8 Å².